The fourth-order valence-electron chi connectivity index (χ4n) is 2.55. The number of anilines is 1. The summed E-state index contributed by atoms with van der Waals surface area (Å²) in [6.07, 6.45) is 3.07. The molecule has 1 aromatic rings. The van der Waals surface area contributed by atoms with Crippen LogP contribution in [0.2, 0.25) is 5.02 Å². The molecule has 1 heterocycles. The highest BCUT2D eigenvalue weighted by atomic mass is 35.5. The lowest BCUT2D eigenvalue weighted by Crippen LogP contribution is -2.32. The van der Waals surface area contributed by atoms with Crippen LogP contribution in [0.15, 0.2) is 34.7 Å². The van der Waals surface area contributed by atoms with Crippen molar-refractivity contribution >= 4 is 28.3 Å². The zero-order chi connectivity index (χ0) is 12.7. The molecule has 0 aromatic heterocycles. The van der Waals surface area contributed by atoms with Gasteiger partial charge in [0.2, 0.25) is 0 Å². The Morgan fingerprint density at radius 3 is 2.56 bits per heavy atom. The normalized spacial score (nSPS) is 27.6. The molecule has 2 atom stereocenters. The summed E-state index contributed by atoms with van der Waals surface area (Å²) in [5, 5.41) is 11.0. The molecular formula is C13H14ClNO2S. The van der Waals surface area contributed by atoms with Gasteiger partial charge in [-0.2, -0.15) is 0 Å². The largest absolute Gasteiger partial charge is 0.369 e. The maximum Gasteiger partial charge on any atom is 0.162 e. The van der Waals surface area contributed by atoms with Crippen molar-refractivity contribution < 1.29 is 9.32 Å². The fourth-order valence-corrected chi connectivity index (χ4v) is 4.29. The fraction of sp³-hybridized carbons (Fsp3) is 0.385. The lowest BCUT2D eigenvalue weighted by Gasteiger charge is -2.22. The molecule has 1 unspecified atom stereocenters. The molecule has 3 nitrogen and oxygen atoms in total. The maximum absolute atomic E-state index is 12.4. The summed E-state index contributed by atoms with van der Waals surface area (Å²) in [7, 11) is -1.24. The van der Waals surface area contributed by atoms with E-state index in [1.165, 1.54) is 0 Å². The average Bonchev–Trinajstić information content (AvgIpc) is 2.64. The molecule has 0 saturated heterocycles. The number of hydrogen-bond acceptors (Lipinski definition) is 2. The molecule has 1 N–H and O–H groups in total. The van der Waals surface area contributed by atoms with Gasteiger partial charge in [-0.25, -0.2) is 4.21 Å². The van der Waals surface area contributed by atoms with Gasteiger partial charge in [0.15, 0.2) is 17.2 Å². The van der Waals surface area contributed by atoms with E-state index >= 15 is 0 Å². The first-order chi connectivity index (χ1) is 8.68. The Kier molecular flexibility index (Phi) is 3.18. The van der Waals surface area contributed by atoms with Crippen LogP contribution in [0.4, 0.5) is 5.69 Å². The van der Waals surface area contributed by atoms with Crippen molar-refractivity contribution in [1.29, 1.82) is 0 Å². The van der Waals surface area contributed by atoms with Crippen molar-refractivity contribution in [3.05, 3.63) is 39.8 Å². The summed E-state index contributed by atoms with van der Waals surface area (Å²) in [4.78, 5) is 0.920. The number of rotatable bonds is 1. The van der Waals surface area contributed by atoms with Crippen LogP contribution >= 0.6 is 11.6 Å². The number of aliphatic hydroxyl groups excluding tert-OH is 1. The van der Waals surface area contributed by atoms with Crippen LogP contribution in [0.25, 0.3) is 0 Å². The molecule has 3 rings (SSSR count). The topological polar surface area (TPSA) is 40.5 Å². The van der Waals surface area contributed by atoms with Crippen LogP contribution in [0.1, 0.15) is 25.7 Å². The number of aliphatic hydroxyl groups is 1. The second-order valence-electron chi connectivity index (χ2n) is 4.58. The second kappa shape index (κ2) is 4.68. The van der Waals surface area contributed by atoms with Gasteiger partial charge in [-0.15, -0.1) is 0 Å². The predicted molar refractivity (Wildman–Crippen MR) is 73.6 cm³/mol. The highest BCUT2D eigenvalue weighted by Gasteiger charge is 2.38. The summed E-state index contributed by atoms with van der Waals surface area (Å²) in [6, 6.07) is 7.08. The number of hydrogen-bond donors (Lipinski definition) is 1. The van der Waals surface area contributed by atoms with Crippen LogP contribution in [-0.2, 0) is 11.0 Å². The van der Waals surface area contributed by atoms with Crippen LogP contribution in [0.5, 0.6) is 0 Å². The molecule has 0 saturated carbocycles. The van der Waals surface area contributed by atoms with Crippen LogP contribution < -0.4 is 4.31 Å². The summed E-state index contributed by atoms with van der Waals surface area (Å²) in [5.41, 5.74) is 1.70. The minimum absolute atomic E-state index is 0.635. The number of allylic oxidation sites excluding steroid dienone is 1. The molecule has 1 aliphatic heterocycles. The van der Waals surface area contributed by atoms with Crippen molar-refractivity contribution in [3.8, 4) is 0 Å². The minimum atomic E-state index is -1.24. The van der Waals surface area contributed by atoms with E-state index in [0.717, 1.165) is 41.8 Å². The van der Waals surface area contributed by atoms with E-state index in [-0.39, 0.29) is 0 Å². The van der Waals surface area contributed by atoms with E-state index in [0.29, 0.717) is 5.02 Å². The molecule has 0 radical (unpaired) electrons. The van der Waals surface area contributed by atoms with Gasteiger partial charge in [0.1, 0.15) is 0 Å². The van der Waals surface area contributed by atoms with Gasteiger partial charge in [-0.05, 0) is 55.5 Å². The van der Waals surface area contributed by atoms with E-state index in [9.17, 15) is 9.32 Å². The quantitative estimate of drug-likeness (QED) is 0.861. The molecular weight excluding hydrogens is 270 g/mol. The van der Waals surface area contributed by atoms with Crippen molar-refractivity contribution in [2.45, 2.75) is 31.9 Å². The zero-order valence-electron chi connectivity index (χ0n) is 9.80. The molecule has 0 spiro atoms. The summed E-state index contributed by atoms with van der Waals surface area (Å²) < 4.78 is 14.0. The summed E-state index contributed by atoms with van der Waals surface area (Å²) in [6.45, 7) is 0. The van der Waals surface area contributed by atoms with Gasteiger partial charge in [-0.3, -0.25) is 4.31 Å². The van der Waals surface area contributed by atoms with E-state index < -0.39 is 17.2 Å². The first kappa shape index (κ1) is 12.2. The van der Waals surface area contributed by atoms with E-state index in [2.05, 4.69) is 0 Å². The second-order valence-corrected chi connectivity index (χ2v) is 6.40. The number of benzene rings is 1. The third kappa shape index (κ3) is 1.88. The van der Waals surface area contributed by atoms with Gasteiger partial charge in [0.25, 0.3) is 0 Å². The Labute approximate surface area is 114 Å². The third-order valence-electron chi connectivity index (χ3n) is 3.46. The van der Waals surface area contributed by atoms with Gasteiger partial charge in [0.05, 0.1) is 5.69 Å². The van der Waals surface area contributed by atoms with Gasteiger partial charge >= 0.3 is 0 Å². The Morgan fingerprint density at radius 1 is 1.22 bits per heavy atom. The average molecular weight is 284 g/mol. The molecule has 18 heavy (non-hydrogen) atoms. The van der Waals surface area contributed by atoms with Gasteiger partial charge in [0, 0.05) is 9.93 Å². The molecule has 0 amide bonds. The van der Waals surface area contributed by atoms with E-state index in [1.807, 2.05) is 0 Å². The van der Waals surface area contributed by atoms with Crippen LogP contribution in [-0.4, -0.2) is 15.5 Å². The molecule has 5 heteroatoms. The number of nitrogens with zero attached hydrogens (tertiary/aromatic N) is 1. The van der Waals surface area contributed by atoms with E-state index in [1.54, 1.807) is 28.6 Å². The zero-order valence-corrected chi connectivity index (χ0v) is 11.4. The lowest BCUT2D eigenvalue weighted by molar-refractivity contribution is 0.220. The lowest BCUT2D eigenvalue weighted by atomic mass is 9.98. The molecule has 1 aliphatic carbocycles. The molecule has 2 aliphatic rings. The van der Waals surface area contributed by atoms with Crippen molar-refractivity contribution in [3.63, 3.8) is 0 Å². The van der Waals surface area contributed by atoms with Crippen LogP contribution in [0, 0.1) is 0 Å². The Morgan fingerprint density at radius 2 is 1.89 bits per heavy atom. The highest BCUT2D eigenvalue weighted by molar-refractivity contribution is 7.90. The molecule has 0 bridgehead atoms. The minimum Gasteiger partial charge on any atom is -0.369 e. The molecule has 1 aromatic carbocycles. The van der Waals surface area contributed by atoms with Crippen LogP contribution in [0.3, 0.4) is 0 Å². The SMILES string of the molecule is O=S1C2=C(CCCC2)[C@@H](O)N1c1ccc(Cl)cc1. The van der Waals surface area contributed by atoms with E-state index in [4.69, 9.17) is 11.6 Å². The first-order valence-electron chi connectivity index (χ1n) is 6.05. The monoisotopic (exact) mass is 283 g/mol. The third-order valence-corrected chi connectivity index (χ3v) is 5.37. The summed E-state index contributed by atoms with van der Waals surface area (Å²) in [5.74, 6) is 0. The van der Waals surface area contributed by atoms with Crippen molar-refractivity contribution in [2.24, 2.45) is 0 Å². The summed E-state index contributed by atoms with van der Waals surface area (Å²) >= 11 is 5.85. The highest BCUT2D eigenvalue weighted by Crippen LogP contribution is 2.40. The predicted octanol–water partition coefficient (Wildman–Crippen LogP) is 2.97. The van der Waals surface area contributed by atoms with Crippen molar-refractivity contribution in [1.82, 2.24) is 0 Å². The standard InChI is InChI=1S/C13H14ClNO2S/c14-9-5-7-10(8-6-9)15-13(16)11-3-1-2-4-12(11)18(15)17/h5-8,13,16H,1-4H2/t13-,18?/m1/s1. The van der Waals surface area contributed by atoms with Gasteiger partial charge < -0.3 is 5.11 Å². The molecule has 96 valence electrons. The van der Waals surface area contributed by atoms with Crippen molar-refractivity contribution in [2.75, 3.05) is 4.31 Å². The Bertz CT molecular complexity index is 526. The Hall–Kier alpha value is -0.840. The smallest absolute Gasteiger partial charge is 0.162 e. The number of halogens is 1. The van der Waals surface area contributed by atoms with Gasteiger partial charge in [-0.1, -0.05) is 11.6 Å². The Balaban J connectivity index is 1.96. The maximum atomic E-state index is 12.4. The molecule has 0 fully saturated rings. The first-order valence-corrected chi connectivity index (χ1v) is 7.53.